The zero-order chi connectivity index (χ0) is 54.5. The molecule has 412 valence electrons. The first-order valence-electron chi connectivity index (χ1n) is 30.0. The third kappa shape index (κ3) is 13.6. The maximum absolute atomic E-state index is 12.0. The molecule has 8 aliphatic rings. The lowest BCUT2D eigenvalue weighted by Crippen LogP contribution is -2.31. The number of carboxylic acids is 1. The molecule has 4 aromatic rings. The van der Waals surface area contributed by atoms with Crippen molar-refractivity contribution in [2.24, 2.45) is 11.8 Å². The van der Waals surface area contributed by atoms with Crippen molar-refractivity contribution in [3.05, 3.63) is 153 Å². The van der Waals surface area contributed by atoms with Crippen LogP contribution in [0.2, 0.25) is 0 Å². The number of carbonyl (C=O) groups excluding carboxylic acids is 3. The molecule has 0 aromatic heterocycles. The highest BCUT2D eigenvalue weighted by atomic mass is 16.6. The number of carboxylic acid groups (broad SMARTS) is 1. The van der Waals surface area contributed by atoms with Crippen LogP contribution in [-0.4, -0.2) is 40.0 Å². The molecule has 4 saturated carbocycles. The maximum atomic E-state index is 12.0. The molecule has 4 aromatic carbocycles. The second-order valence-corrected chi connectivity index (χ2v) is 26.9. The number of ketones is 1. The highest BCUT2D eigenvalue weighted by Gasteiger charge is 2.45. The summed E-state index contributed by atoms with van der Waals surface area (Å²) < 4.78 is 10.9. The first-order chi connectivity index (χ1) is 36.8. The highest BCUT2D eigenvalue weighted by molar-refractivity contribution is 5.83. The first-order valence-corrected chi connectivity index (χ1v) is 30.0. The van der Waals surface area contributed by atoms with Crippen molar-refractivity contribution < 1.29 is 33.8 Å². The van der Waals surface area contributed by atoms with E-state index in [0.29, 0.717) is 52.1 Å². The van der Waals surface area contributed by atoms with Gasteiger partial charge in [-0.1, -0.05) is 103 Å². The van der Waals surface area contributed by atoms with E-state index in [2.05, 4.69) is 97.1 Å². The lowest BCUT2D eigenvalue weighted by atomic mass is 9.67. The van der Waals surface area contributed by atoms with Gasteiger partial charge in [0.25, 0.3) is 0 Å². The zero-order valence-corrected chi connectivity index (χ0v) is 47.8. The Morgan fingerprint density at radius 1 is 0.455 bits per heavy atom. The summed E-state index contributed by atoms with van der Waals surface area (Å²) >= 11 is 0. The summed E-state index contributed by atoms with van der Waals surface area (Å²) in [6.07, 6.45) is 30.1. The lowest BCUT2D eigenvalue weighted by Gasteiger charge is -2.38. The molecule has 8 aliphatic carbocycles. The third-order valence-electron chi connectivity index (χ3n) is 19.7. The van der Waals surface area contributed by atoms with Gasteiger partial charge in [0.05, 0.1) is 0 Å². The molecular formula is C70H90O7. The zero-order valence-electron chi connectivity index (χ0n) is 47.8. The van der Waals surface area contributed by atoms with Gasteiger partial charge in [0.1, 0.15) is 17.0 Å². The van der Waals surface area contributed by atoms with E-state index in [-0.39, 0.29) is 17.5 Å². The predicted octanol–water partition coefficient (Wildman–Crippen LogP) is 16.1. The lowest BCUT2D eigenvalue weighted by molar-refractivity contribution is -0.156. The van der Waals surface area contributed by atoms with Crippen molar-refractivity contribution in [3.63, 3.8) is 0 Å². The average Bonchev–Trinajstić information content (AvgIpc) is 4.17. The normalized spacial score (nSPS) is 26.4. The fourth-order valence-corrected chi connectivity index (χ4v) is 15.6. The number of hydrogen-bond acceptors (Lipinski definition) is 6. The van der Waals surface area contributed by atoms with Crippen LogP contribution in [0.15, 0.2) is 109 Å². The Bertz CT molecular complexity index is 2740. The van der Waals surface area contributed by atoms with Crippen LogP contribution in [0.4, 0.5) is 0 Å². The molecule has 4 spiro atoms. The second-order valence-electron chi connectivity index (χ2n) is 26.9. The van der Waals surface area contributed by atoms with Crippen molar-refractivity contribution >= 4 is 23.7 Å². The molecule has 7 heteroatoms. The number of carbonyl (C=O) groups is 4. The molecule has 0 saturated heterocycles. The smallest absolute Gasteiger partial charge is 0.331 e. The van der Waals surface area contributed by atoms with Gasteiger partial charge < -0.3 is 14.6 Å². The summed E-state index contributed by atoms with van der Waals surface area (Å²) in [4.78, 5) is 46.0. The largest absolute Gasteiger partial charge is 0.481 e. The molecule has 0 bridgehead atoms. The van der Waals surface area contributed by atoms with E-state index in [9.17, 15) is 19.2 Å². The van der Waals surface area contributed by atoms with E-state index in [1.165, 1.54) is 118 Å². The molecule has 1 N–H and O–H groups in total. The van der Waals surface area contributed by atoms with E-state index >= 15 is 0 Å². The Hall–Kier alpha value is -5.30. The van der Waals surface area contributed by atoms with Gasteiger partial charge >= 0.3 is 17.9 Å². The van der Waals surface area contributed by atoms with Gasteiger partial charge in [-0.15, -0.1) is 0 Å². The summed E-state index contributed by atoms with van der Waals surface area (Å²) in [5, 5.41) is 8.88. The van der Waals surface area contributed by atoms with Gasteiger partial charge in [0.15, 0.2) is 0 Å². The number of fused-ring (bicyclic) bond motifs is 8. The molecule has 12 rings (SSSR count). The molecule has 0 amide bonds. The van der Waals surface area contributed by atoms with E-state index in [1.54, 1.807) is 28.3 Å². The summed E-state index contributed by atoms with van der Waals surface area (Å²) in [5.41, 5.74) is 14.4. The number of hydrogen-bond donors (Lipinski definition) is 1. The molecule has 0 unspecified atom stereocenters. The Morgan fingerprint density at radius 3 is 1.12 bits per heavy atom. The number of aliphatic carboxylic acids is 1. The molecular weight excluding hydrogens is 953 g/mol. The Morgan fingerprint density at radius 2 is 0.766 bits per heavy atom. The van der Waals surface area contributed by atoms with Crippen molar-refractivity contribution in [2.45, 2.75) is 241 Å². The van der Waals surface area contributed by atoms with Crippen LogP contribution in [0.1, 0.15) is 227 Å². The quantitative estimate of drug-likeness (QED) is 0.157. The Kier molecular flexibility index (Phi) is 17.3. The van der Waals surface area contributed by atoms with Crippen molar-refractivity contribution in [1.82, 2.24) is 0 Å². The number of ether oxygens (including phenoxy) is 2. The highest BCUT2D eigenvalue weighted by Crippen LogP contribution is 2.53. The van der Waals surface area contributed by atoms with Crippen molar-refractivity contribution in [2.75, 3.05) is 0 Å². The van der Waals surface area contributed by atoms with Gasteiger partial charge in [-0.05, 0) is 261 Å². The Balaban J connectivity index is 0.000000126. The van der Waals surface area contributed by atoms with Gasteiger partial charge in [0, 0.05) is 31.8 Å². The van der Waals surface area contributed by atoms with Gasteiger partial charge in [-0.3, -0.25) is 14.4 Å². The maximum Gasteiger partial charge on any atom is 0.331 e. The molecule has 4 fully saturated rings. The number of allylic oxidation sites excluding steroid dienone is 1. The van der Waals surface area contributed by atoms with Crippen LogP contribution in [-0.2, 0) is 76.0 Å². The van der Waals surface area contributed by atoms with E-state index < -0.39 is 11.6 Å². The number of esters is 2. The summed E-state index contributed by atoms with van der Waals surface area (Å²) in [6, 6.07) is 35.5. The minimum absolute atomic E-state index is 0.0275. The first kappa shape index (κ1) is 56.4. The molecule has 0 heterocycles. The minimum Gasteiger partial charge on any atom is -0.481 e. The van der Waals surface area contributed by atoms with Crippen molar-refractivity contribution in [1.29, 1.82) is 0 Å². The topological polar surface area (TPSA) is 107 Å². The summed E-state index contributed by atoms with van der Waals surface area (Å²) in [6.45, 7) is 11.6. The monoisotopic (exact) mass is 1040 g/mol. The van der Waals surface area contributed by atoms with E-state index in [1.807, 2.05) is 41.5 Å². The molecule has 77 heavy (non-hydrogen) atoms. The van der Waals surface area contributed by atoms with Crippen LogP contribution in [0.25, 0.3) is 0 Å². The van der Waals surface area contributed by atoms with Crippen LogP contribution in [0, 0.1) is 11.8 Å². The van der Waals surface area contributed by atoms with Gasteiger partial charge in [0.2, 0.25) is 0 Å². The molecule has 7 nitrogen and oxygen atoms in total. The molecule has 0 aliphatic heterocycles. The van der Waals surface area contributed by atoms with Gasteiger partial charge in [-0.2, -0.15) is 0 Å². The second kappa shape index (κ2) is 23.6. The number of aryl methyl sites for hydroxylation is 4. The Labute approximate surface area is 461 Å². The van der Waals surface area contributed by atoms with Crippen LogP contribution < -0.4 is 0 Å². The summed E-state index contributed by atoms with van der Waals surface area (Å²) in [5.74, 6) is 0.521. The fraction of sp³-hybridized carbons (Fsp3) is 0.571. The fourth-order valence-electron chi connectivity index (χ4n) is 15.6. The standard InChI is InChI=1S/C20H28O2.C20H26O2.C16H20O2.C14H16O/c2*1-19(2,3)22-18(21)14-15-8-11-20(12-9-15)13-10-16-6-4-5-7-17(16)20;17-15(18)11-12-5-8-16(9-6-12)10-7-13-3-1-2-4-14(13)16;15-12-6-9-14(10-7-12)8-5-11-3-1-2-4-13(11)14/h4-7,15H,8-14H2,1-3H3;4-7,14H,8-13H2,1-3H3;1-4,12H,5-11H2,(H,17,18);1-4H,5-10H2. The van der Waals surface area contributed by atoms with Crippen LogP contribution in [0.5, 0.6) is 0 Å². The van der Waals surface area contributed by atoms with Crippen LogP contribution >= 0.6 is 0 Å². The SMILES string of the molecule is CC(C)(C)OC(=O)C=C1CCC2(CC1)CCc1ccccc12.CC(C)(C)OC(=O)CC1CCC2(CCc3ccccc32)CC1.O=C(O)CC1CCC2(CCc3ccccc32)CC1.O=C1CCC2(CC1)CCc1ccccc12. The molecule has 0 atom stereocenters. The van der Waals surface area contributed by atoms with E-state index in [4.69, 9.17) is 14.6 Å². The minimum atomic E-state index is -0.636. The third-order valence-corrected chi connectivity index (χ3v) is 19.7. The summed E-state index contributed by atoms with van der Waals surface area (Å²) in [7, 11) is 0. The molecule has 0 radical (unpaired) electrons. The number of rotatable bonds is 5. The number of benzene rings is 4. The van der Waals surface area contributed by atoms with Gasteiger partial charge in [-0.25, -0.2) is 4.79 Å². The van der Waals surface area contributed by atoms with Crippen LogP contribution in [0.3, 0.4) is 0 Å². The average molecular weight is 1040 g/mol. The van der Waals surface area contributed by atoms with Crippen molar-refractivity contribution in [3.8, 4) is 0 Å². The number of Topliss-reactive ketones (excluding diaryl/α,β-unsaturated/α-hetero) is 1. The van der Waals surface area contributed by atoms with E-state index in [0.717, 1.165) is 64.2 Å². The predicted molar refractivity (Wildman–Crippen MR) is 308 cm³/mol.